The standard InChI is InChI=1S/C21H15ClN2O3S/c22-13-8-10-14(11-9-13)23-20(25)17-18(16-7-4-12-28-16)24(27-19(17)21(23)26)15-5-2-1-3-6-15/h1-12,17-19H/t17-,18+,19-/m1/s1. The largest absolute Gasteiger partial charge is 0.273 e. The average molecular weight is 411 g/mol. The van der Waals surface area contributed by atoms with Crippen molar-refractivity contribution in [2.24, 2.45) is 5.92 Å². The van der Waals surface area contributed by atoms with Gasteiger partial charge in [0.25, 0.3) is 5.91 Å². The molecule has 3 heterocycles. The first kappa shape index (κ1) is 17.4. The van der Waals surface area contributed by atoms with E-state index in [-0.39, 0.29) is 17.9 Å². The summed E-state index contributed by atoms with van der Waals surface area (Å²) >= 11 is 7.49. The van der Waals surface area contributed by atoms with Crippen LogP contribution in [0.4, 0.5) is 11.4 Å². The third-order valence-electron chi connectivity index (χ3n) is 5.05. The number of imide groups is 1. The molecule has 7 heteroatoms. The van der Waals surface area contributed by atoms with Gasteiger partial charge in [0, 0.05) is 9.90 Å². The van der Waals surface area contributed by atoms with Gasteiger partial charge in [-0.05, 0) is 47.8 Å². The summed E-state index contributed by atoms with van der Waals surface area (Å²) in [5.41, 5.74) is 1.32. The summed E-state index contributed by atoms with van der Waals surface area (Å²) in [6.07, 6.45) is -0.851. The number of hydroxylamine groups is 1. The fraction of sp³-hybridized carbons (Fsp3) is 0.143. The highest BCUT2D eigenvalue weighted by atomic mass is 35.5. The maximum atomic E-state index is 13.3. The fourth-order valence-corrected chi connectivity index (χ4v) is 4.79. The van der Waals surface area contributed by atoms with Gasteiger partial charge in [0.05, 0.1) is 11.4 Å². The van der Waals surface area contributed by atoms with E-state index in [0.717, 1.165) is 10.6 Å². The lowest BCUT2D eigenvalue weighted by Gasteiger charge is -2.27. The van der Waals surface area contributed by atoms with Crippen LogP contribution in [0.25, 0.3) is 0 Å². The molecule has 0 unspecified atom stereocenters. The molecule has 0 spiro atoms. The highest BCUT2D eigenvalue weighted by Gasteiger charge is 2.60. The van der Waals surface area contributed by atoms with Gasteiger partial charge in [-0.2, -0.15) is 0 Å². The van der Waals surface area contributed by atoms with Crippen LogP contribution in [-0.4, -0.2) is 17.9 Å². The number of thiophene rings is 1. The van der Waals surface area contributed by atoms with Crippen LogP contribution < -0.4 is 9.96 Å². The second-order valence-corrected chi connectivity index (χ2v) is 8.08. The molecule has 2 aliphatic rings. The number of amides is 2. The number of carbonyl (C=O) groups is 2. The number of hydrogen-bond acceptors (Lipinski definition) is 5. The molecule has 1 aromatic heterocycles. The third kappa shape index (κ3) is 2.64. The van der Waals surface area contributed by atoms with Crippen LogP contribution in [0.3, 0.4) is 0 Å². The minimum atomic E-state index is -0.851. The number of carbonyl (C=O) groups excluding carboxylic acids is 2. The lowest BCUT2D eigenvalue weighted by molar-refractivity contribution is -0.126. The second-order valence-electron chi connectivity index (χ2n) is 6.66. The van der Waals surface area contributed by atoms with Gasteiger partial charge in [0.2, 0.25) is 5.91 Å². The first-order valence-electron chi connectivity index (χ1n) is 8.83. The molecular weight excluding hydrogens is 396 g/mol. The van der Waals surface area contributed by atoms with Gasteiger partial charge < -0.3 is 0 Å². The molecular formula is C21H15ClN2O3S. The molecule has 5 rings (SSSR count). The van der Waals surface area contributed by atoms with Crippen LogP contribution in [0, 0.1) is 5.92 Å². The first-order chi connectivity index (χ1) is 13.6. The molecule has 3 aromatic rings. The van der Waals surface area contributed by atoms with Crippen molar-refractivity contribution in [3.8, 4) is 0 Å². The van der Waals surface area contributed by atoms with Crippen molar-refractivity contribution in [2.75, 3.05) is 9.96 Å². The molecule has 0 radical (unpaired) electrons. The molecule has 3 atom stereocenters. The maximum absolute atomic E-state index is 13.3. The zero-order valence-corrected chi connectivity index (χ0v) is 16.1. The minimum Gasteiger partial charge on any atom is -0.273 e. The number of halogens is 1. The van der Waals surface area contributed by atoms with Crippen LogP contribution in [0.1, 0.15) is 10.9 Å². The summed E-state index contributed by atoms with van der Waals surface area (Å²) in [5.74, 6) is -1.21. The van der Waals surface area contributed by atoms with E-state index in [1.165, 1.54) is 4.90 Å². The molecule has 2 aromatic carbocycles. The summed E-state index contributed by atoms with van der Waals surface area (Å²) in [7, 11) is 0. The topological polar surface area (TPSA) is 49.9 Å². The Labute approximate surface area is 170 Å². The molecule has 2 fully saturated rings. The maximum Gasteiger partial charge on any atom is 0.266 e. The van der Waals surface area contributed by atoms with E-state index in [2.05, 4.69) is 0 Å². The van der Waals surface area contributed by atoms with Crippen LogP contribution >= 0.6 is 22.9 Å². The SMILES string of the molecule is O=C1[C@H]2[C@@H](ON(c3ccccc3)[C@H]2c2cccs2)C(=O)N1c1ccc(Cl)cc1. The second kappa shape index (κ2) is 6.74. The molecule has 0 aliphatic carbocycles. The number of benzene rings is 2. The van der Waals surface area contributed by atoms with Gasteiger partial charge in [-0.25, -0.2) is 9.96 Å². The van der Waals surface area contributed by atoms with Crippen molar-refractivity contribution in [1.29, 1.82) is 0 Å². The lowest BCUT2D eigenvalue weighted by atomic mass is 9.95. The van der Waals surface area contributed by atoms with Gasteiger partial charge >= 0.3 is 0 Å². The van der Waals surface area contributed by atoms with Gasteiger partial charge in [0.15, 0.2) is 6.10 Å². The van der Waals surface area contributed by atoms with Crippen LogP contribution in [0.5, 0.6) is 0 Å². The normalized spacial score (nSPS) is 24.1. The number of fused-ring (bicyclic) bond motifs is 1. The van der Waals surface area contributed by atoms with Crippen molar-refractivity contribution in [3.05, 3.63) is 82.0 Å². The molecule has 0 bridgehead atoms. The van der Waals surface area contributed by atoms with Crippen molar-refractivity contribution < 1.29 is 14.4 Å². The Morgan fingerprint density at radius 2 is 1.61 bits per heavy atom. The van der Waals surface area contributed by atoms with E-state index in [4.69, 9.17) is 16.4 Å². The minimum absolute atomic E-state index is 0.255. The van der Waals surface area contributed by atoms with E-state index in [1.807, 2.05) is 47.8 Å². The molecule has 2 amide bonds. The van der Waals surface area contributed by atoms with Gasteiger partial charge in [0.1, 0.15) is 12.0 Å². The van der Waals surface area contributed by atoms with Crippen LogP contribution in [0.2, 0.25) is 5.02 Å². The van der Waals surface area contributed by atoms with E-state index in [0.29, 0.717) is 10.7 Å². The van der Waals surface area contributed by atoms with Crippen molar-refractivity contribution in [3.63, 3.8) is 0 Å². The summed E-state index contributed by atoms with van der Waals surface area (Å²) in [4.78, 5) is 34.7. The summed E-state index contributed by atoms with van der Waals surface area (Å²) in [6, 6.07) is 19.8. The highest BCUT2D eigenvalue weighted by Crippen LogP contribution is 2.48. The number of para-hydroxylation sites is 1. The molecule has 0 saturated carbocycles. The molecule has 0 N–H and O–H groups in total. The average Bonchev–Trinajstić information content (AvgIpc) is 3.42. The Bertz CT molecular complexity index is 1020. The predicted octanol–water partition coefficient (Wildman–Crippen LogP) is 4.45. The Kier molecular flexibility index (Phi) is 4.19. The van der Waals surface area contributed by atoms with E-state index >= 15 is 0 Å². The Morgan fingerprint density at radius 1 is 0.857 bits per heavy atom. The van der Waals surface area contributed by atoms with Gasteiger partial charge in [-0.3, -0.25) is 14.4 Å². The molecule has 5 nitrogen and oxygen atoms in total. The Morgan fingerprint density at radius 3 is 2.29 bits per heavy atom. The van der Waals surface area contributed by atoms with Crippen LogP contribution in [0.15, 0.2) is 72.1 Å². The Hall–Kier alpha value is -2.67. The Balaban J connectivity index is 1.56. The molecule has 28 heavy (non-hydrogen) atoms. The first-order valence-corrected chi connectivity index (χ1v) is 10.1. The third-order valence-corrected chi connectivity index (χ3v) is 6.24. The predicted molar refractivity (Wildman–Crippen MR) is 108 cm³/mol. The van der Waals surface area contributed by atoms with E-state index < -0.39 is 12.0 Å². The molecule has 140 valence electrons. The number of rotatable bonds is 3. The number of hydrogen-bond donors (Lipinski definition) is 0. The fourth-order valence-electron chi connectivity index (χ4n) is 3.81. The quantitative estimate of drug-likeness (QED) is 0.598. The zero-order valence-electron chi connectivity index (χ0n) is 14.6. The number of nitrogens with zero attached hydrogens (tertiary/aromatic N) is 2. The molecule has 2 aliphatic heterocycles. The monoisotopic (exact) mass is 410 g/mol. The van der Waals surface area contributed by atoms with E-state index in [9.17, 15) is 9.59 Å². The van der Waals surface area contributed by atoms with Gasteiger partial charge in [-0.15, -0.1) is 11.3 Å². The van der Waals surface area contributed by atoms with Crippen LogP contribution in [-0.2, 0) is 14.4 Å². The highest BCUT2D eigenvalue weighted by molar-refractivity contribution is 7.10. The zero-order chi connectivity index (χ0) is 19.3. The molecule has 2 saturated heterocycles. The van der Waals surface area contributed by atoms with Crippen molar-refractivity contribution in [1.82, 2.24) is 0 Å². The van der Waals surface area contributed by atoms with Crippen molar-refractivity contribution in [2.45, 2.75) is 12.1 Å². The number of anilines is 2. The van der Waals surface area contributed by atoms with E-state index in [1.54, 1.807) is 40.7 Å². The smallest absolute Gasteiger partial charge is 0.266 e. The summed E-state index contributed by atoms with van der Waals surface area (Å²) < 4.78 is 0. The lowest BCUT2D eigenvalue weighted by Crippen LogP contribution is -2.37. The van der Waals surface area contributed by atoms with Crippen molar-refractivity contribution >= 4 is 46.1 Å². The summed E-state index contributed by atoms with van der Waals surface area (Å²) in [6.45, 7) is 0. The summed E-state index contributed by atoms with van der Waals surface area (Å²) in [5, 5.41) is 4.21. The van der Waals surface area contributed by atoms with Gasteiger partial charge in [-0.1, -0.05) is 35.9 Å².